The average molecular weight is 585 g/mol. The van der Waals surface area contributed by atoms with Gasteiger partial charge in [-0.05, 0) is 44.7 Å². The van der Waals surface area contributed by atoms with Gasteiger partial charge in [-0.3, -0.25) is 9.59 Å². The summed E-state index contributed by atoms with van der Waals surface area (Å²) in [6.45, 7) is 5.49. The Hall–Kier alpha value is -4.45. The summed E-state index contributed by atoms with van der Waals surface area (Å²) in [5.74, 6) is -2.92. The highest BCUT2D eigenvalue weighted by atomic mass is 16.6. The summed E-state index contributed by atoms with van der Waals surface area (Å²) in [7, 11) is 0. The minimum Gasteiger partial charge on any atom is -0.480 e. The van der Waals surface area contributed by atoms with Crippen LogP contribution in [-0.4, -0.2) is 81.8 Å². The fourth-order valence-electron chi connectivity index (χ4n) is 4.27. The maximum absolute atomic E-state index is 12.4. The maximum atomic E-state index is 12.4. The number of amides is 3. The number of benzene rings is 2. The first-order chi connectivity index (χ1) is 19.8. The third-order valence-corrected chi connectivity index (χ3v) is 6.22. The number of rotatable bonds is 10. The third-order valence-electron chi connectivity index (χ3n) is 6.22. The van der Waals surface area contributed by atoms with Gasteiger partial charge in [-0.2, -0.15) is 0 Å². The molecule has 1 fully saturated rings. The normalized spacial score (nSPS) is 15.8. The van der Waals surface area contributed by atoms with Crippen molar-refractivity contribution in [1.82, 2.24) is 15.5 Å². The van der Waals surface area contributed by atoms with E-state index in [9.17, 15) is 29.1 Å². The molecule has 3 atom stereocenters. The first-order valence-electron chi connectivity index (χ1n) is 13.6. The number of nitrogens with two attached hydrogens (primary N) is 1. The molecule has 3 amide bonds. The van der Waals surface area contributed by atoms with Gasteiger partial charge in [0.1, 0.15) is 23.7 Å². The molecule has 1 saturated heterocycles. The number of carboxylic acids is 2. The zero-order valence-electron chi connectivity index (χ0n) is 24.1. The SMILES string of the molecule is CC(C)(C)OC(=O)N[C@@H](Cc1ccccc1)C(=O)O.NCC(=O)N1CCC[C@H]1C(=O)N[C@@H](Cc1ccccc1)C(=O)O. The Morgan fingerprint density at radius 1 is 0.881 bits per heavy atom. The van der Waals surface area contributed by atoms with E-state index in [0.717, 1.165) is 11.1 Å². The number of hydrogen-bond donors (Lipinski definition) is 5. The largest absolute Gasteiger partial charge is 0.480 e. The summed E-state index contributed by atoms with van der Waals surface area (Å²) in [6.07, 6.45) is 0.917. The summed E-state index contributed by atoms with van der Waals surface area (Å²) in [4.78, 5) is 59.7. The number of carbonyl (C=O) groups is 5. The molecule has 0 spiro atoms. The monoisotopic (exact) mass is 584 g/mol. The van der Waals surface area contributed by atoms with Crippen LogP contribution in [0.2, 0.25) is 0 Å². The van der Waals surface area contributed by atoms with Gasteiger partial charge in [0.25, 0.3) is 0 Å². The van der Waals surface area contributed by atoms with E-state index < -0.39 is 47.7 Å². The van der Waals surface area contributed by atoms with Crippen LogP contribution in [0.5, 0.6) is 0 Å². The number of carboxylic acid groups (broad SMARTS) is 2. The van der Waals surface area contributed by atoms with Crippen LogP contribution in [0, 0.1) is 0 Å². The lowest BCUT2D eigenvalue weighted by atomic mass is 10.1. The number of likely N-dealkylation sites (tertiary alicyclic amines) is 1. The van der Waals surface area contributed by atoms with Gasteiger partial charge >= 0.3 is 18.0 Å². The van der Waals surface area contributed by atoms with Crippen LogP contribution in [0.3, 0.4) is 0 Å². The molecule has 228 valence electrons. The first kappa shape index (κ1) is 33.8. The standard InChI is InChI=1S/C16H21N3O4.C14H19NO4/c17-10-14(20)19-8-4-7-13(19)15(21)18-12(16(22)23)9-11-5-2-1-3-6-11;1-14(2,3)19-13(18)15-11(12(16)17)9-10-7-5-4-6-8-10/h1-3,5-6,12-13H,4,7-10,17H2,(H,18,21)(H,22,23);4-8,11H,9H2,1-3H3,(H,15,18)(H,16,17)/t12-,13-;11-/m00/s1. The van der Waals surface area contributed by atoms with Gasteiger partial charge < -0.3 is 36.2 Å². The molecule has 0 bridgehead atoms. The van der Waals surface area contributed by atoms with Crippen LogP contribution in [-0.2, 0) is 36.8 Å². The summed E-state index contributed by atoms with van der Waals surface area (Å²) in [6, 6.07) is 15.5. The average Bonchev–Trinajstić information content (AvgIpc) is 3.43. The molecule has 0 unspecified atom stereocenters. The van der Waals surface area contributed by atoms with Crippen molar-refractivity contribution < 1.29 is 38.9 Å². The fraction of sp³-hybridized carbons (Fsp3) is 0.433. The van der Waals surface area contributed by atoms with Crippen molar-refractivity contribution in [1.29, 1.82) is 0 Å². The van der Waals surface area contributed by atoms with Crippen molar-refractivity contribution >= 4 is 29.8 Å². The van der Waals surface area contributed by atoms with Gasteiger partial charge in [0, 0.05) is 19.4 Å². The topological polar surface area (TPSA) is 188 Å². The quantitative estimate of drug-likeness (QED) is 0.278. The number of nitrogens with zero attached hydrogens (tertiary/aromatic N) is 1. The second-order valence-corrected chi connectivity index (χ2v) is 10.8. The highest BCUT2D eigenvalue weighted by Crippen LogP contribution is 2.18. The predicted molar refractivity (Wildman–Crippen MR) is 154 cm³/mol. The number of hydrogen-bond acceptors (Lipinski definition) is 7. The molecule has 2 aromatic carbocycles. The van der Waals surface area contributed by atoms with Crippen LogP contribution in [0.1, 0.15) is 44.7 Å². The number of aliphatic carboxylic acids is 2. The van der Waals surface area contributed by atoms with Crippen LogP contribution >= 0.6 is 0 Å². The summed E-state index contributed by atoms with van der Waals surface area (Å²) in [5.41, 5.74) is 6.36. The first-order valence-corrected chi connectivity index (χ1v) is 13.6. The molecular formula is C30H40N4O8. The maximum Gasteiger partial charge on any atom is 0.408 e. The highest BCUT2D eigenvalue weighted by molar-refractivity contribution is 5.91. The van der Waals surface area contributed by atoms with E-state index in [2.05, 4.69) is 10.6 Å². The van der Waals surface area contributed by atoms with E-state index in [1.807, 2.05) is 60.7 Å². The number of carbonyl (C=O) groups excluding carboxylic acids is 3. The third kappa shape index (κ3) is 11.6. The Balaban J connectivity index is 0.000000299. The molecule has 12 nitrogen and oxygen atoms in total. The Morgan fingerprint density at radius 3 is 1.79 bits per heavy atom. The van der Waals surface area contributed by atoms with E-state index in [1.54, 1.807) is 20.8 Å². The lowest BCUT2D eigenvalue weighted by molar-refractivity contribution is -0.143. The van der Waals surface area contributed by atoms with Crippen molar-refractivity contribution in [3.8, 4) is 0 Å². The molecule has 3 rings (SSSR count). The highest BCUT2D eigenvalue weighted by Gasteiger charge is 2.35. The van der Waals surface area contributed by atoms with Crippen LogP contribution in [0.25, 0.3) is 0 Å². The van der Waals surface area contributed by atoms with Gasteiger partial charge in [-0.15, -0.1) is 0 Å². The Labute approximate surface area is 245 Å². The van der Waals surface area contributed by atoms with Crippen LogP contribution < -0.4 is 16.4 Å². The molecule has 42 heavy (non-hydrogen) atoms. The van der Waals surface area contributed by atoms with E-state index in [-0.39, 0.29) is 25.3 Å². The molecule has 0 radical (unpaired) electrons. The summed E-state index contributed by atoms with van der Waals surface area (Å²) in [5, 5.41) is 23.3. The predicted octanol–water partition coefficient (Wildman–Crippen LogP) is 1.96. The number of nitrogens with one attached hydrogen (secondary N) is 2. The minimum atomic E-state index is -1.10. The van der Waals surface area contributed by atoms with Gasteiger partial charge in [0.2, 0.25) is 11.8 Å². The number of alkyl carbamates (subject to hydrolysis) is 1. The van der Waals surface area contributed by atoms with E-state index in [0.29, 0.717) is 19.4 Å². The van der Waals surface area contributed by atoms with E-state index in [4.69, 9.17) is 15.6 Å². The summed E-state index contributed by atoms with van der Waals surface area (Å²) >= 11 is 0. The second-order valence-electron chi connectivity index (χ2n) is 10.8. The molecular weight excluding hydrogens is 544 g/mol. The van der Waals surface area contributed by atoms with Crippen molar-refractivity contribution in [2.24, 2.45) is 5.73 Å². The fourth-order valence-corrected chi connectivity index (χ4v) is 4.27. The number of ether oxygens (including phenoxy) is 1. The molecule has 1 aliphatic rings. The lowest BCUT2D eigenvalue weighted by Crippen LogP contribution is -2.52. The zero-order valence-corrected chi connectivity index (χ0v) is 24.1. The molecule has 6 N–H and O–H groups in total. The van der Waals surface area contributed by atoms with E-state index in [1.165, 1.54) is 4.90 Å². The minimum absolute atomic E-state index is 0.157. The molecule has 12 heteroatoms. The van der Waals surface area contributed by atoms with Gasteiger partial charge in [-0.25, -0.2) is 14.4 Å². The van der Waals surface area contributed by atoms with Crippen LogP contribution in [0.15, 0.2) is 60.7 Å². The molecule has 0 saturated carbocycles. The Morgan fingerprint density at radius 2 is 1.36 bits per heavy atom. The molecule has 1 heterocycles. The Bertz CT molecular complexity index is 1200. The zero-order chi connectivity index (χ0) is 31.3. The van der Waals surface area contributed by atoms with Crippen molar-refractivity contribution in [2.45, 2.75) is 70.2 Å². The van der Waals surface area contributed by atoms with Crippen molar-refractivity contribution in [2.75, 3.05) is 13.1 Å². The van der Waals surface area contributed by atoms with E-state index >= 15 is 0 Å². The Kier molecular flexibility index (Phi) is 12.9. The van der Waals surface area contributed by atoms with Gasteiger partial charge in [0.15, 0.2) is 0 Å². The smallest absolute Gasteiger partial charge is 0.408 e. The van der Waals surface area contributed by atoms with Gasteiger partial charge in [-0.1, -0.05) is 60.7 Å². The lowest BCUT2D eigenvalue weighted by Gasteiger charge is -2.25. The molecule has 1 aliphatic heterocycles. The second kappa shape index (κ2) is 16.1. The summed E-state index contributed by atoms with van der Waals surface area (Å²) < 4.78 is 5.04. The molecule has 0 aromatic heterocycles. The van der Waals surface area contributed by atoms with Crippen LogP contribution in [0.4, 0.5) is 4.79 Å². The molecule has 2 aromatic rings. The van der Waals surface area contributed by atoms with Crippen molar-refractivity contribution in [3.63, 3.8) is 0 Å². The van der Waals surface area contributed by atoms with Crippen molar-refractivity contribution in [3.05, 3.63) is 71.8 Å². The van der Waals surface area contributed by atoms with Gasteiger partial charge in [0.05, 0.1) is 6.54 Å². The molecule has 0 aliphatic carbocycles.